The maximum atomic E-state index is 11.4. The molecule has 1 rings (SSSR count). The van der Waals surface area contributed by atoms with Crippen molar-refractivity contribution in [1.82, 2.24) is 5.32 Å². The van der Waals surface area contributed by atoms with Gasteiger partial charge in [-0.3, -0.25) is 4.79 Å². The zero-order chi connectivity index (χ0) is 10.9. The van der Waals surface area contributed by atoms with Crippen LogP contribution in [0.15, 0.2) is 30.3 Å². The second kappa shape index (κ2) is 7.18. The van der Waals surface area contributed by atoms with Crippen LogP contribution in [0.3, 0.4) is 0 Å². The molecular formula is C13H19NO. The summed E-state index contributed by atoms with van der Waals surface area (Å²) in [6.45, 7) is 0.796. The second-order valence-corrected chi connectivity index (χ2v) is 3.73. The number of carbonyl (C=O) groups is 1. The lowest BCUT2D eigenvalue weighted by Gasteiger charge is -2.01. The van der Waals surface area contributed by atoms with Crippen LogP contribution in [0, 0.1) is 0 Å². The third-order valence-corrected chi connectivity index (χ3v) is 2.42. The van der Waals surface area contributed by atoms with Crippen LogP contribution >= 0.6 is 0 Å². The zero-order valence-corrected chi connectivity index (χ0v) is 9.33. The molecule has 2 heteroatoms. The number of rotatable bonds is 7. The topological polar surface area (TPSA) is 29.1 Å². The van der Waals surface area contributed by atoms with Crippen molar-refractivity contribution < 1.29 is 4.79 Å². The summed E-state index contributed by atoms with van der Waals surface area (Å²) in [5.41, 5.74) is 1.32. The molecule has 0 saturated heterocycles. The Balaban J connectivity index is 2.14. The molecule has 82 valence electrons. The van der Waals surface area contributed by atoms with Gasteiger partial charge in [0.25, 0.3) is 0 Å². The molecule has 0 bridgehead atoms. The molecule has 1 N–H and O–H groups in total. The summed E-state index contributed by atoms with van der Waals surface area (Å²) in [6, 6.07) is 10.3. The highest BCUT2D eigenvalue weighted by molar-refractivity contribution is 5.78. The number of Topliss-reactive ketones (excluding diaryl/α,β-unsaturated/α-hetero) is 1. The molecule has 0 fully saturated rings. The summed E-state index contributed by atoms with van der Waals surface area (Å²) in [5, 5.41) is 2.99. The summed E-state index contributed by atoms with van der Waals surface area (Å²) < 4.78 is 0. The molecular weight excluding hydrogens is 186 g/mol. The second-order valence-electron chi connectivity index (χ2n) is 3.73. The van der Waals surface area contributed by atoms with Crippen LogP contribution in [0.4, 0.5) is 0 Å². The summed E-state index contributed by atoms with van der Waals surface area (Å²) in [4.78, 5) is 11.4. The molecule has 0 spiro atoms. The van der Waals surface area contributed by atoms with Crippen molar-refractivity contribution in [2.75, 3.05) is 13.6 Å². The molecule has 0 heterocycles. The van der Waals surface area contributed by atoms with E-state index in [9.17, 15) is 4.79 Å². The van der Waals surface area contributed by atoms with Crippen LogP contribution in [0.1, 0.15) is 24.8 Å². The first kappa shape index (κ1) is 11.9. The lowest BCUT2D eigenvalue weighted by molar-refractivity contribution is -0.119. The smallest absolute Gasteiger partial charge is 0.134 e. The maximum absolute atomic E-state index is 11.4. The number of ketones is 1. The first-order valence-electron chi connectivity index (χ1n) is 5.53. The molecule has 0 aliphatic rings. The average Bonchev–Trinajstić information content (AvgIpc) is 2.28. The number of aryl methyl sites for hydroxylation is 1. The van der Waals surface area contributed by atoms with E-state index in [4.69, 9.17) is 0 Å². The average molecular weight is 205 g/mol. The fraction of sp³-hybridized carbons (Fsp3) is 0.462. The fourth-order valence-electron chi connectivity index (χ4n) is 1.52. The van der Waals surface area contributed by atoms with Gasteiger partial charge in [0, 0.05) is 19.4 Å². The molecule has 0 aliphatic carbocycles. The van der Waals surface area contributed by atoms with E-state index in [1.807, 2.05) is 25.2 Å². The highest BCUT2D eigenvalue weighted by atomic mass is 16.1. The van der Waals surface area contributed by atoms with Gasteiger partial charge in [-0.05, 0) is 25.5 Å². The normalized spacial score (nSPS) is 10.2. The molecule has 0 aliphatic heterocycles. The minimum Gasteiger partial charge on any atom is -0.319 e. The van der Waals surface area contributed by atoms with E-state index < -0.39 is 0 Å². The Morgan fingerprint density at radius 1 is 1.20 bits per heavy atom. The van der Waals surface area contributed by atoms with Crippen molar-refractivity contribution in [1.29, 1.82) is 0 Å². The third kappa shape index (κ3) is 5.33. The number of hydrogen-bond acceptors (Lipinski definition) is 2. The standard InChI is InChI=1S/C13H19NO/c1-14-11-10-13(15)9-5-8-12-6-3-2-4-7-12/h2-4,6-7,14H,5,8-11H2,1H3. The molecule has 0 aromatic heterocycles. The van der Waals surface area contributed by atoms with Crippen LogP contribution in [-0.2, 0) is 11.2 Å². The maximum Gasteiger partial charge on any atom is 0.134 e. The minimum absolute atomic E-state index is 0.361. The molecule has 0 amide bonds. The number of nitrogens with one attached hydrogen (secondary N) is 1. The summed E-state index contributed by atoms with van der Waals surface area (Å²) >= 11 is 0. The van der Waals surface area contributed by atoms with E-state index >= 15 is 0 Å². The monoisotopic (exact) mass is 205 g/mol. The Morgan fingerprint density at radius 2 is 1.93 bits per heavy atom. The Morgan fingerprint density at radius 3 is 2.60 bits per heavy atom. The van der Waals surface area contributed by atoms with E-state index in [0.717, 1.165) is 19.4 Å². The van der Waals surface area contributed by atoms with Gasteiger partial charge in [-0.1, -0.05) is 30.3 Å². The van der Waals surface area contributed by atoms with Crippen LogP contribution in [-0.4, -0.2) is 19.4 Å². The lowest BCUT2D eigenvalue weighted by Crippen LogP contribution is -2.12. The van der Waals surface area contributed by atoms with E-state index in [-0.39, 0.29) is 0 Å². The Labute approximate surface area is 91.7 Å². The van der Waals surface area contributed by atoms with Crippen LogP contribution in [0.2, 0.25) is 0 Å². The Hall–Kier alpha value is -1.15. The highest BCUT2D eigenvalue weighted by Crippen LogP contribution is 2.05. The minimum atomic E-state index is 0.361. The van der Waals surface area contributed by atoms with Crippen LogP contribution < -0.4 is 5.32 Å². The van der Waals surface area contributed by atoms with Crippen molar-refractivity contribution in [2.45, 2.75) is 25.7 Å². The summed E-state index contributed by atoms with van der Waals surface area (Å²) in [6.07, 6.45) is 3.33. The molecule has 1 aromatic rings. The van der Waals surface area contributed by atoms with Crippen molar-refractivity contribution in [3.05, 3.63) is 35.9 Å². The molecule has 2 nitrogen and oxygen atoms in total. The number of carbonyl (C=O) groups excluding carboxylic acids is 1. The van der Waals surface area contributed by atoms with Gasteiger partial charge in [-0.15, -0.1) is 0 Å². The Kier molecular flexibility index (Phi) is 5.71. The van der Waals surface area contributed by atoms with E-state index in [1.165, 1.54) is 5.56 Å². The third-order valence-electron chi connectivity index (χ3n) is 2.42. The molecule has 0 atom stereocenters. The van der Waals surface area contributed by atoms with Crippen molar-refractivity contribution in [2.24, 2.45) is 0 Å². The quantitative estimate of drug-likeness (QED) is 0.739. The van der Waals surface area contributed by atoms with Gasteiger partial charge in [0.05, 0.1) is 0 Å². The summed E-state index contributed by atoms with van der Waals surface area (Å²) in [7, 11) is 1.87. The van der Waals surface area contributed by atoms with Gasteiger partial charge in [0.1, 0.15) is 5.78 Å². The van der Waals surface area contributed by atoms with Crippen molar-refractivity contribution >= 4 is 5.78 Å². The predicted molar refractivity (Wildman–Crippen MR) is 62.9 cm³/mol. The number of benzene rings is 1. The fourth-order valence-corrected chi connectivity index (χ4v) is 1.52. The van der Waals surface area contributed by atoms with Gasteiger partial charge in [0.2, 0.25) is 0 Å². The first-order chi connectivity index (χ1) is 7.33. The highest BCUT2D eigenvalue weighted by Gasteiger charge is 2.00. The van der Waals surface area contributed by atoms with E-state index in [2.05, 4.69) is 17.4 Å². The molecule has 0 radical (unpaired) electrons. The van der Waals surface area contributed by atoms with Crippen molar-refractivity contribution in [3.63, 3.8) is 0 Å². The predicted octanol–water partition coefficient (Wildman–Crippen LogP) is 2.19. The summed E-state index contributed by atoms with van der Waals surface area (Å²) in [5.74, 6) is 0.361. The lowest BCUT2D eigenvalue weighted by atomic mass is 10.1. The van der Waals surface area contributed by atoms with Gasteiger partial charge >= 0.3 is 0 Å². The van der Waals surface area contributed by atoms with Gasteiger partial charge < -0.3 is 5.32 Å². The number of hydrogen-bond donors (Lipinski definition) is 1. The van der Waals surface area contributed by atoms with Crippen LogP contribution in [0.25, 0.3) is 0 Å². The Bertz CT molecular complexity index is 282. The zero-order valence-electron chi connectivity index (χ0n) is 9.33. The van der Waals surface area contributed by atoms with Crippen molar-refractivity contribution in [3.8, 4) is 0 Å². The molecule has 0 saturated carbocycles. The SMILES string of the molecule is CNCCC(=O)CCCc1ccccc1. The van der Waals surface area contributed by atoms with Gasteiger partial charge in [-0.25, -0.2) is 0 Å². The largest absolute Gasteiger partial charge is 0.319 e. The van der Waals surface area contributed by atoms with Gasteiger partial charge in [0.15, 0.2) is 0 Å². The molecule has 1 aromatic carbocycles. The van der Waals surface area contributed by atoms with E-state index in [1.54, 1.807) is 0 Å². The van der Waals surface area contributed by atoms with Crippen LogP contribution in [0.5, 0.6) is 0 Å². The first-order valence-corrected chi connectivity index (χ1v) is 5.53. The van der Waals surface area contributed by atoms with Gasteiger partial charge in [-0.2, -0.15) is 0 Å². The van der Waals surface area contributed by atoms with E-state index in [0.29, 0.717) is 18.6 Å². The molecule has 0 unspecified atom stereocenters. The molecule has 15 heavy (non-hydrogen) atoms.